The van der Waals surface area contributed by atoms with Gasteiger partial charge in [-0.15, -0.1) is 0 Å². The van der Waals surface area contributed by atoms with Gasteiger partial charge in [-0.25, -0.2) is 4.39 Å². The van der Waals surface area contributed by atoms with E-state index >= 15 is 0 Å². The predicted molar refractivity (Wildman–Crippen MR) is 144 cm³/mol. The molecular formula is C27H23FN6O3S. The van der Waals surface area contributed by atoms with Crippen molar-refractivity contribution < 1.29 is 14.1 Å². The number of carbonyl (C=O) groups is 1. The van der Waals surface area contributed by atoms with Crippen molar-refractivity contribution in [1.29, 1.82) is 0 Å². The molecule has 1 fully saturated rings. The Hall–Kier alpha value is -4.64. The van der Waals surface area contributed by atoms with Crippen LogP contribution in [0.25, 0.3) is 5.69 Å². The van der Waals surface area contributed by atoms with Crippen molar-refractivity contribution in [3.63, 3.8) is 0 Å². The van der Waals surface area contributed by atoms with Crippen molar-refractivity contribution in [2.45, 2.75) is 18.5 Å². The highest BCUT2D eigenvalue weighted by Gasteiger charge is 2.41. The van der Waals surface area contributed by atoms with Crippen molar-refractivity contribution in [3.8, 4) is 5.69 Å². The first-order valence-corrected chi connectivity index (χ1v) is 12.3. The van der Waals surface area contributed by atoms with Gasteiger partial charge in [0.2, 0.25) is 5.91 Å². The summed E-state index contributed by atoms with van der Waals surface area (Å²) in [5.41, 5.74) is 2.49. The first-order valence-electron chi connectivity index (χ1n) is 11.9. The molecule has 1 amide bonds. The van der Waals surface area contributed by atoms with E-state index < -0.39 is 10.7 Å². The van der Waals surface area contributed by atoms with Crippen LogP contribution < -0.4 is 10.6 Å². The molecule has 38 heavy (non-hydrogen) atoms. The third-order valence-electron chi connectivity index (χ3n) is 6.35. The van der Waals surface area contributed by atoms with Crippen LogP contribution in [0, 0.1) is 15.9 Å². The molecule has 11 heteroatoms. The largest absolute Gasteiger partial charge is 0.352 e. The number of para-hydroxylation sites is 1. The van der Waals surface area contributed by atoms with Crippen molar-refractivity contribution in [3.05, 3.63) is 119 Å². The van der Waals surface area contributed by atoms with Gasteiger partial charge in [-0.3, -0.25) is 19.9 Å². The molecule has 192 valence electrons. The van der Waals surface area contributed by atoms with Crippen LogP contribution in [-0.2, 0) is 4.79 Å². The molecule has 2 atom stereocenters. The number of rotatable bonds is 8. The normalized spacial score (nSPS) is 16.8. The first-order chi connectivity index (χ1) is 18.4. The van der Waals surface area contributed by atoms with Crippen LogP contribution in [0.1, 0.15) is 29.9 Å². The van der Waals surface area contributed by atoms with Gasteiger partial charge in [0.15, 0.2) is 5.11 Å². The summed E-state index contributed by atoms with van der Waals surface area (Å²) in [4.78, 5) is 29.8. The monoisotopic (exact) mass is 530 g/mol. The smallest absolute Gasteiger partial charge is 0.269 e. The Morgan fingerprint density at radius 1 is 1.08 bits per heavy atom. The second-order valence-electron chi connectivity index (χ2n) is 8.67. The highest BCUT2D eigenvalue weighted by atomic mass is 32.1. The molecule has 0 saturated carbocycles. The molecule has 5 rings (SSSR count). The summed E-state index contributed by atoms with van der Waals surface area (Å²) >= 11 is 5.69. The zero-order valence-corrected chi connectivity index (χ0v) is 20.8. The Labute approximate surface area is 223 Å². The number of thiocarbonyl (C=S) groups is 1. The van der Waals surface area contributed by atoms with Crippen molar-refractivity contribution >= 4 is 34.6 Å². The molecule has 2 N–H and O–H groups in total. The molecule has 2 unspecified atom stereocenters. The molecule has 1 saturated heterocycles. The quantitative estimate of drug-likeness (QED) is 0.189. The number of nitro groups is 1. The van der Waals surface area contributed by atoms with Crippen LogP contribution in [-0.4, -0.2) is 36.9 Å². The minimum Gasteiger partial charge on any atom is -0.352 e. The number of aromatic nitrogens is 2. The molecule has 0 spiro atoms. The van der Waals surface area contributed by atoms with Gasteiger partial charge in [-0.1, -0.05) is 18.2 Å². The van der Waals surface area contributed by atoms with Crippen LogP contribution in [0.3, 0.4) is 0 Å². The summed E-state index contributed by atoms with van der Waals surface area (Å²) in [6, 6.07) is 21.1. The Morgan fingerprint density at radius 2 is 1.84 bits per heavy atom. The second-order valence-corrected chi connectivity index (χ2v) is 9.06. The zero-order valence-electron chi connectivity index (χ0n) is 20.0. The van der Waals surface area contributed by atoms with Gasteiger partial charge in [0.05, 0.1) is 28.4 Å². The fourth-order valence-corrected chi connectivity index (χ4v) is 4.90. The zero-order chi connectivity index (χ0) is 26.6. The number of nitrogens with one attached hydrogen (secondary N) is 2. The Balaban J connectivity index is 1.45. The number of nitro benzene ring substituents is 1. The lowest BCUT2D eigenvalue weighted by Crippen LogP contribution is -2.33. The van der Waals surface area contributed by atoms with Crippen LogP contribution >= 0.6 is 12.2 Å². The van der Waals surface area contributed by atoms with Crippen molar-refractivity contribution in [1.82, 2.24) is 19.8 Å². The number of anilines is 1. The standard InChI is InChI=1S/C27H23FN6O3S/c28-20-6-1-2-7-21(20)30-24(35)14-17-33-26(25(31-27(33)38)22-8-3-4-15-29-22)23-9-5-16-32(23)18-10-12-19(13-11-18)34(36)37/h1-13,15-16,25-26H,14,17H2,(H,30,35)(H,31,38). The highest BCUT2D eigenvalue weighted by Crippen LogP contribution is 2.39. The maximum atomic E-state index is 14.0. The number of halogens is 1. The van der Waals surface area contributed by atoms with E-state index in [0.29, 0.717) is 5.11 Å². The lowest BCUT2D eigenvalue weighted by molar-refractivity contribution is -0.384. The number of amides is 1. The number of carbonyl (C=O) groups excluding carboxylic acids is 1. The summed E-state index contributed by atoms with van der Waals surface area (Å²) in [5.74, 6) is -0.850. The molecule has 0 aliphatic carbocycles. The molecule has 2 aromatic carbocycles. The Kier molecular flexibility index (Phi) is 7.09. The topological polar surface area (TPSA) is 105 Å². The van der Waals surface area contributed by atoms with Gasteiger partial charge in [0.1, 0.15) is 5.82 Å². The number of hydrogen-bond donors (Lipinski definition) is 2. The van der Waals surface area contributed by atoms with E-state index in [-0.39, 0.29) is 42.3 Å². The van der Waals surface area contributed by atoms with E-state index in [0.717, 1.165) is 17.1 Å². The Morgan fingerprint density at radius 3 is 2.55 bits per heavy atom. The van der Waals surface area contributed by atoms with Crippen LogP contribution in [0.4, 0.5) is 15.8 Å². The minimum absolute atomic E-state index is 0.0000192. The number of benzene rings is 2. The SMILES string of the molecule is O=C(CCN1C(=S)NC(c2ccccn2)C1c1cccn1-c1ccc([N+](=O)[O-])cc1)Nc1ccccc1F. The van der Waals surface area contributed by atoms with Crippen LogP contribution in [0.5, 0.6) is 0 Å². The molecule has 4 aromatic rings. The van der Waals surface area contributed by atoms with Crippen molar-refractivity contribution in [2.75, 3.05) is 11.9 Å². The first kappa shape index (κ1) is 25.0. The fraction of sp³-hybridized carbons (Fsp3) is 0.148. The predicted octanol–water partition coefficient (Wildman–Crippen LogP) is 4.92. The van der Waals surface area contributed by atoms with E-state index in [1.165, 1.54) is 24.3 Å². The second kappa shape index (κ2) is 10.8. The average Bonchev–Trinajstić information content (AvgIpc) is 3.53. The van der Waals surface area contributed by atoms with E-state index in [9.17, 15) is 19.3 Å². The number of nitrogens with zero attached hydrogens (tertiary/aromatic N) is 4. The average molecular weight is 531 g/mol. The molecule has 3 heterocycles. The Bertz CT molecular complexity index is 1480. The summed E-state index contributed by atoms with van der Waals surface area (Å²) in [5, 5.41) is 17.5. The summed E-state index contributed by atoms with van der Waals surface area (Å²) < 4.78 is 15.9. The molecular weight excluding hydrogens is 507 g/mol. The third kappa shape index (κ3) is 5.09. The maximum absolute atomic E-state index is 14.0. The lowest BCUT2D eigenvalue weighted by Gasteiger charge is -2.28. The number of pyridine rings is 1. The van der Waals surface area contributed by atoms with E-state index in [1.807, 2.05) is 46.0 Å². The van der Waals surface area contributed by atoms with E-state index in [2.05, 4.69) is 15.6 Å². The van der Waals surface area contributed by atoms with Gasteiger partial charge in [-0.05, 0) is 60.7 Å². The van der Waals surface area contributed by atoms with Crippen molar-refractivity contribution in [2.24, 2.45) is 0 Å². The fourth-order valence-electron chi connectivity index (χ4n) is 4.57. The molecule has 1 aliphatic rings. The minimum atomic E-state index is -0.506. The maximum Gasteiger partial charge on any atom is 0.269 e. The van der Waals surface area contributed by atoms with Gasteiger partial charge in [-0.2, -0.15) is 0 Å². The molecule has 9 nitrogen and oxygen atoms in total. The van der Waals surface area contributed by atoms with Gasteiger partial charge >= 0.3 is 0 Å². The molecule has 2 aromatic heterocycles. The highest BCUT2D eigenvalue weighted by molar-refractivity contribution is 7.80. The molecule has 0 bridgehead atoms. The summed E-state index contributed by atoms with van der Waals surface area (Å²) in [6.07, 6.45) is 3.65. The van der Waals surface area contributed by atoms with Crippen LogP contribution in [0.15, 0.2) is 91.3 Å². The van der Waals surface area contributed by atoms with Gasteiger partial charge in [0.25, 0.3) is 5.69 Å². The van der Waals surface area contributed by atoms with Gasteiger partial charge < -0.3 is 20.1 Å². The van der Waals surface area contributed by atoms with Crippen LogP contribution in [0.2, 0.25) is 0 Å². The summed E-state index contributed by atoms with van der Waals surface area (Å²) in [7, 11) is 0. The summed E-state index contributed by atoms with van der Waals surface area (Å²) in [6.45, 7) is 0.269. The lowest BCUT2D eigenvalue weighted by atomic mass is 10.0. The number of non-ortho nitro benzene ring substituents is 1. The third-order valence-corrected chi connectivity index (χ3v) is 6.70. The number of hydrogen-bond acceptors (Lipinski definition) is 5. The molecule has 1 aliphatic heterocycles. The van der Waals surface area contributed by atoms with E-state index in [4.69, 9.17) is 12.2 Å². The molecule has 0 radical (unpaired) electrons. The van der Waals surface area contributed by atoms with Gasteiger partial charge in [0, 0.05) is 48.9 Å². The van der Waals surface area contributed by atoms with E-state index in [1.54, 1.807) is 30.5 Å².